The summed E-state index contributed by atoms with van der Waals surface area (Å²) < 4.78 is 0. The van der Waals surface area contributed by atoms with Crippen molar-refractivity contribution in [3.63, 3.8) is 0 Å². The number of carbonyl (C=O) groups excluding carboxylic acids is 3. The van der Waals surface area contributed by atoms with Gasteiger partial charge in [-0.1, -0.05) is 13.8 Å². The van der Waals surface area contributed by atoms with Crippen LogP contribution in [0.5, 0.6) is 0 Å². The highest BCUT2D eigenvalue weighted by molar-refractivity contribution is 5.94. The number of aliphatic hydroxyl groups is 1. The lowest BCUT2D eigenvalue weighted by Crippen LogP contribution is -2.58. The summed E-state index contributed by atoms with van der Waals surface area (Å²) in [7, 11) is 0. The fourth-order valence-electron chi connectivity index (χ4n) is 2.30. The second-order valence-corrected chi connectivity index (χ2v) is 7.10. The minimum atomic E-state index is -1.50. The van der Waals surface area contributed by atoms with Gasteiger partial charge in [-0.15, -0.1) is 0 Å². The summed E-state index contributed by atoms with van der Waals surface area (Å²) in [6.45, 7) is 4.23. The van der Waals surface area contributed by atoms with Gasteiger partial charge in [0.1, 0.15) is 18.1 Å². The number of nitrogens with zero attached hydrogens (tertiary/aromatic N) is 1. The van der Waals surface area contributed by atoms with Crippen LogP contribution in [0, 0.1) is 5.92 Å². The van der Waals surface area contributed by atoms with E-state index in [0.29, 0.717) is 19.4 Å². The number of hydrogen-bond acceptors (Lipinski definition) is 7. The second kappa shape index (κ2) is 13.3. The third-order valence-corrected chi connectivity index (χ3v) is 4.10. The summed E-state index contributed by atoms with van der Waals surface area (Å²) in [5.41, 5.74) is 16.2. The maximum absolute atomic E-state index is 12.4. The van der Waals surface area contributed by atoms with Gasteiger partial charge in [0.2, 0.25) is 17.7 Å². The van der Waals surface area contributed by atoms with Gasteiger partial charge in [-0.05, 0) is 25.7 Å². The normalized spacial score (nSPS) is 14.7. The van der Waals surface area contributed by atoms with Gasteiger partial charge in [-0.2, -0.15) is 0 Å². The standard InChI is InChI=1S/C17H33N7O6/c1-8(2)12(15(28)23-11(7-25)16(29)30)24-13(26)9(3)22-14(27)10(18)5-4-6-21-17(19)20/h8-12,25H,4-7,18H2,1-3H3,(H,22,27)(H,23,28)(H,24,26)(H,29,30)(H4,19,20,21). The number of rotatable bonds is 13. The number of amides is 3. The van der Waals surface area contributed by atoms with Crippen molar-refractivity contribution in [3.05, 3.63) is 0 Å². The van der Waals surface area contributed by atoms with E-state index in [1.54, 1.807) is 13.8 Å². The number of hydrogen-bond donors (Lipinski definition) is 8. The molecular formula is C17H33N7O6. The Balaban J connectivity index is 4.78. The van der Waals surface area contributed by atoms with E-state index in [2.05, 4.69) is 20.9 Å². The number of aliphatic hydroxyl groups excluding tert-OH is 1. The number of nitrogens with one attached hydrogen (secondary N) is 3. The van der Waals surface area contributed by atoms with Crippen molar-refractivity contribution < 1.29 is 29.4 Å². The zero-order valence-electron chi connectivity index (χ0n) is 17.4. The van der Waals surface area contributed by atoms with Crippen molar-refractivity contribution >= 4 is 29.7 Å². The van der Waals surface area contributed by atoms with Crippen LogP contribution in [0.15, 0.2) is 4.99 Å². The number of aliphatic carboxylic acids is 1. The maximum atomic E-state index is 12.4. The van der Waals surface area contributed by atoms with Crippen LogP contribution < -0.4 is 33.2 Å². The van der Waals surface area contributed by atoms with Crippen LogP contribution in [-0.4, -0.2) is 77.2 Å². The molecule has 0 spiro atoms. The smallest absolute Gasteiger partial charge is 0.328 e. The summed E-state index contributed by atoms with van der Waals surface area (Å²) >= 11 is 0. The van der Waals surface area contributed by atoms with Crippen LogP contribution in [0.2, 0.25) is 0 Å². The third kappa shape index (κ3) is 10.0. The largest absolute Gasteiger partial charge is 0.480 e. The molecule has 3 amide bonds. The molecule has 13 heteroatoms. The Morgan fingerprint density at radius 3 is 2.03 bits per heavy atom. The average Bonchev–Trinajstić information content (AvgIpc) is 2.65. The first-order valence-electron chi connectivity index (χ1n) is 9.46. The van der Waals surface area contributed by atoms with Gasteiger partial charge >= 0.3 is 5.97 Å². The Morgan fingerprint density at radius 2 is 1.57 bits per heavy atom. The zero-order valence-corrected chi connectivity index (χ0v) is 17.4. The molecule has 11 N–H and O–H groups in total. The molecule has 0 saturated carbocycles. The molecule has 0 fully saturated rings. The molecule has 0 aromatic heterocycles. The maximum Gasteiger partial charge on any atom is 0.328 e. The predicted octanol–water partition coefficient (Wildman–Crippen LogP) is -3.43. The first kappa shape index (κ1) is 27.1. The number of nitrogens with two attached hydrogens (primary N) is 3. The number of aliphatic imine (C=N–C) groups is 1. The fourth-order valence-corrected chi connectivity index (χ4v) is 2.30. The summed E-state index contributed by atoms with van der Waals surface area (Å²) in [5, 5.41) is 25.0. The Kier molecular flexibility index (Phi) is 12.0. The molecule has 0 saturated heterocycles. The lowest BCUT2D eigenvalue weighted by atomic mass is 10.0. The minimum Gasteiger partial charge on any atom is -0.480 e. The van der Waals surface area contributed by atoms with E-state index in [9.17, 15) is 19.2 Å². The minimum absolute atomic E-state index is 0.0595. The molecule has 0 bridgehead atoms. The van der Waals surface area contributed by atoms with Crippen molar-refractivity contribution in [3.8, 4) is 0 Å². The summed E-state index contributed by atoms with van der Waals surface area (Å²) in [5.74, 6) is -3.83. The van der Waals surface area contributed by atoms with Crippen LogP contribution in [0.4, 0.5) is 0 Å². The molecule has 13 nitrogen and oxygen atoms in total. The van der Waals surface area contributed by atoms with Crippen LogP contribution in [-0.2, 0) is 19.2 Å². The average molecular weight is 431 g/mol. The number of guanidine groups is 1. The van der Waals surface area contributed by atoms with Crippen molar-refractivity contribution in [2.45, 2.75) is 57.8 Å². The van der Waals surface area contributed by atoms with E-state index in [-0.39, 0.29) is 11.9 Å². The predicted molar refractivity (Wildman–Crippen MR) is 109 cm³/mol. The molecular weight excluding hydrogens is 398 g/mol. The van der Waals surface area contributed by atoms with E-state index in [1.807, 2.05) is 0 Å². The Morgan fingerprint density at radius 1 is 0.967 bits per heavy atom. The van der Waals surface area contributed by atoms with Crippen LogP contribution in [0.3, 0.4) is 0 Å². The van der Waals surface area contributed by atoms with Gasteiger partial charge < -0.3 is 43.4 Å². The number of carboxylic acids is 1. The van der Waals surface area contributed by atoms with Crippen molar-refractivity contribution in [2.75, 3.05) is 13.2 Å². The lowest BCUT2D eigenvalue weighted by molar-refractivity contribution is -0.143. The van der Waals surface area contributed by atoms with Crippen LogP contribution >= 0.6 is 0 Å². The summed E-state index contributed by atoms with van der Waals surface area (Å²) in [6, 6.07) is -4.44. The van der Waals surface area contributed by atoms with Crippen LogP contribution in [0.25, 0.3) is 0 Å². The lowest BCUT2D eigenvalue weighted by Gasteiger charge is -2.25. The molecule has 0 aliphatic heterocycles. The van der Waals surface area contributed by atoms with Crippen molar-refractivity contribution in [1.29, 1.82) is 0 Å². The van der Waals surface area contributed by atoms with Crippen molar-refractivity contribution in [1.82, 2.24) is 16.0 Å². The molecule has 0 radical (unpaired) electrons. The molecule has 0 heterocycles. The van der Waals surface area contributed by atoms with Gasteiger partial charge in [0, 0.05) is 6.54 Å². The number of carboxylic acid groups (broad SMARTS) is 1. The highest BCUT2D eigenvalue weighted by Crippen LogP contribution is 2.04. The Labute approximate surface area is 174 Å². The molecule has 0 aliphatic carbocycles. The molecule has 0 aromatic carbocycles. The molecule has 30 heavy (non-hydrogen) atoms. The van der Waals surface area contributed by atoms with E-state index in [0.717, 1.165) is 0 Å². The van der Waals surface area contributed by atoms with Crippen molar-refractivity contribution in [2.24, 2.45) is 28.1 Å². The fraction of sp³-hybridized carbons (Fsp3) is 0.706. The molecule has 172 valence electrons. The SMILES string of the molecule is CC(NC(=O)C(N)CCCN=C(N)N)C(=O)NC(C(=O)NC(CO)C(=O)O)C(C)C. The topological polar surface area (TPSA) is 235 Å². The van der Waals surface area contributed by atoms with E-state index in [4.69, 9.17) is 27.4 Å². The Bertz CT molecular complexity index is 636. The van der Waals surface area contributed by atoms with E-state index >= 15 is 0 Å². The third-order valence-electron chi connectivity index (χ3n) is 4.10. The first-order chi connectivity index (χ1) is 13.9. The highest BCUT2D eigenvalue weighted by atomic mass is 16.4. The van der Waals surface area contributed by atoms with Crippen LogP contribution in [0.1, 0.15) is 33.6 Å². The number of carbonyl (C=O) groups is 4. The van der Waals surface area contributed by atoms with Gasteiger partial charge in [0.25, 0.3) is 0 Å². The quantitative estimate of drug-likeness (QED) is 0.0821. The monoisotopic (exact) mass is 431 g/mol. The van der Waals surface area contributed by atoms with Gasteiger partial charge in [-0.25, -0.2) is 4.79 Å². The van der Waals surface area contributed by atoms with Gasteiger partial charge in [0.05, 0.1) is 12.6 Å². The first-order valence-corrected chi connectivity index (χ1v) is 9.46. The second-order valence-electron chi connectivity index (χ2n) is 7.10. The summed E-state index contributed by atoms with van der Waals surface area (Å²) in [6.07, 6.45) is 0.768. The highest BCUT2D eigenvalue weighted by Gasteiger charge is 2.30. The molecule has 0 aliphatic rings. The van der Waals surface area contributed by atoms with E-state index < -0.39 is 54.5 Å². The van der Waals surface area contributed by atoms with Gasteiger partial charge in [0.15, 0.2) is 5.96 Å². The Hall–Kier alpha value is -2.93. The molecule has 0 rings (SSSR count). The van der Waals surface area contributed by atoms with E-state index in [1.165, 1.54) is 6.92 Å². The molecule has 4 atom stereocenters. The van der Waals surface area contributed by atoms with Gasteiger partial charge in [-0.3, -0.25) is 19.4 Å². The molecule has 0 aromatic rings. The molecule has 4 unspecified atom stereocenters. The summed E-state index contributed by atoms with van der Waals surface area (Å²) in [4.78, 5) is 51.6. The zero-order chi connectivity index (χ0) is 23.4.